The molecule has 2 heterocycles. The minimum absolute atomic E-state index is 0.185. The van der Waals surface area contributed by atoms with Gasteiger partial charge in [-0.15, -0.1) is 0 Å². The molecule has 1 N–H and O–H groups in total. The van der Waals surface area contributed by atoms with E-state index in [9.17, 15) is 9.59 Å². The summed E-state index contributed by atoms with van der Waals surface area (Å²) in [5.41, 5.74) is 2.77. The second-order valence-corrected chi connectivity index (χ2v) is 6.46. The lowest BCUT2D eigenvalue weighted by atomic mass is 10.1. The van der Waals surface area contributed by atoms with Crippen molar-refractivity contribution < 1.29 is 9.53 Å². The molecule has 0 bridgehead atoms. The normalized spacial score (nSPS) is 13.9. The molecular formula is C20H22N2O3. The van der Waals surface area contributed by atoms with Gasteiger partial charge in [-0.3, -0.25) is 9.59 Å². The Balaban J connectivity index is 1.77. The number of hydrogen-bond acceptors (Lipinski definition) is 3. The Morgan fingerprint density at radius 2 is 2.04 bits per heavy atom. The van der Waals surface area contributed by atoms with Crippen molar-refractivity contribution in [2.24, 2.45) is 0 Å². The number of nitrogens with one attached hydrogen (secondary N) is 1. The summed E-state index contributed by atoms with van der Waals surface area (Å²) < 4.78 is 5.25. The molecule has 5 nitrogen and oxygen atoms in total. The number of aromatic nitrogens is 1. The molecule has 1 aliphatic rings. The fourth-order valence-corrected chi connectivity index (χ4v) is 2.91. The van der Waals surface area contributed by atoms with E-state index in [-0.39, 0.29) is 22.9 Å². The summed E-state index contributed by atoms with van der Waals surface area (Å²) in [6.45, 7) is 4.98. The molecule has 25 heavy (non-hydrogen) atoms. The van der Waals surface area contributed by atoms with Gasteiger partial charge in [0.25, 0.3) is 11.5 Å². The first kappa shape index (κ1) is 17.0. The van der Waals surface area contributed by atoms with Gasteiger partial charge < -0.3 is 14.6 Å². The summed E-state index contributed by atoms with van der Waals surface area (Å²) in [7, 11) is 1.63. The number of hydrogen-bond donors (Lipinski definition) is 1. The lowest BCUT2D eigenvalue weighted by molar-refractivity contribution is 0.0799. The van der Waals surface area contributed by atoms with Gasteiger partial charge in [0.05, 0.1) is 7.11 Å². The Kier molecular flexibility index (Phi) is 4.74. The summed E-state index contributed by atoms with van der Waals surface area (Å²) in [4.78, 5) is 29.4. The maximum Gasteiger partial charge on any atom is 0.261 e. The van der Waals surface area contributed by atoms with Crippen molar-refractivity contribution in [2.45, 2.75) is 19.8 Å². The number of benzene rings is 1. The summed E-state index contributed by atoms with van der Waals surface area (Å²) in [6, 6.07) is 11.2. The molecule has 0 saturated heterocycles. The molecular weight excluding hydrogens is 316 g/mol. The predicted molar refractivity (Wildman–Crippen MR) is 98.0 cm³/mol. The van der Waals surface area contributed by atoms with Gasteiger partial charge in [0.1, 0.15) is 11.3 Å². The molecule has 2 aromatic rings. The first-order valence-corrected chi connectivity index (χ1v) is 8.35. The minimum Gasteiger partial charge on any atom is -0.497 e. The SMILES string of the molecule is COc1cccc(C2=CCN(C(=O)c3ccc(C(C)C)[nH]c3=O)C2)c1. The Hall–Kier alpha value is -2.82. The third-order valence-electron chi connectivity index (χ3n) is 4.43. The van der Waals surface area contributed by atoms with Gasteiger partial charge in [0.2, 0.25) is 0 Å². The van der Waals surface area contributed by atoms with E-state index in [0.29, 0.717) is 13.1 Å². The third kappa shape index (κ3) is 3.50. The first-order valence-electron chi connectivity index (χ1n) is 8.35. The standard InChI is InChI=1S/C20H22N2O3/c1-13(2)18-8-7-17(19(23)21-18)20(24)22-10-9-15(12-22)14-5-4-6-16(11-14)25-3/h4-9,11,13H,10,12H2,1-3H3,(H,21,23). The molecule has 1 aromatic heterocycles. The topological polar surface area (TPSA) is 62.4 Å². The lowest BCUT2D eigenvalue weighted by Crippen LogP contribution is -2.33. The zero-order valence-electron chi connectivity index (χ0n) is 14.7. The van der Waals surface area contributed by atoms with Crippen LogP contribution in [0, 0.1) is 0 Å². The van der Waals surface area contributed by atoms with Crippen LogP contribution in [0.1, 0.15) is 41.4 Å². The molecule has 5 heteroatoms. The fraction of sp³-hybridized carbons (Fsp3) is 0.300. The second-order valence-electron chi connectivity index (χ2n) is 6.46. The van der Waals surface area contributed by atoms with Gasteiger partial charge in [-0.05, 0) is 41.3 Å². The summed E-state index contributed by atoms with van der Waals surface area (Å²) >= 11 is 0. The zero-order chi connectivity index (χ0) is 18.0. The van der Waals surface area contributed by atoms with Crippen LogP contribution < -0.4 is 10.3 Å². The largest absolute Gasteiger partial charge is 0.497 e. The van der Waals surface area contributed by atoms with Crippen LogP contribution in [-0.2, 0) is 0 Å². The summed E-state index contributed by atoms with van der Waals surface area (Å²) in [6.07, 6.45) is 2.02. The molecule has 0 atom stereocenters. The molecule has 0 fully saturated rings. The number of ether oxygens (including phenoxy) is 1. The third-order valence-corrected chi connectivity index (χ3v) is 4.43. The molecule has 1 aliphatic heterocycles. The minimum atomic E-state index is -0.328. The van der Waals surface area contributed by atoms with Crippen molar-refractivity contribution in [1.29, 1.82) is 0 Å². The molecule has 130 valence electrons. The van der Waals surface area contributed by atoms with Gasteiger partial charge in [0, 0.05) is 18.8 Å². The van der Waals surface area contributed by atoms with Crippen LogP contribution in [0.25, 0.3) is 5.57 Å². The first-order chi connectivity index (χ1) is 12.0. The van der Waals surface area contributed by atoms with E-state index in [1.807, 2.05) is 50.3 Å². The molecule has 3 rings (SSSR count). The maximum atomic E-state index is 12.7. The van der Waals surface area contributed by atoms with Crippen LogP contribution >= 0.6 is 0 Å². The number of carbonyl (C=O) groups is 1. The van der Waals surface area contributed by atoms with Gasteiger partial charge in [0.15, 0.2) is 0 Å². The molecule has 0 saturated carbocycles. The lowest BCUT2D eigenvalue weighted by Gasteiger charge is -2.17. The van der Waals surface area contributed by atoms with Crippen molar-refractivity contribution in [1.82, 2.24) is 9.88 Å². The summed E-state index contributed by atoms with van der Waals surface area (Å²) in [5, 5.41) is 0. The number of carbonyl (C=O) groups excluding carboxylic acids is 1. The van der Waals surface area contributed by atoms with E-state index < -0.39 is 0 Å². The highest BCUT2D eigenvalue weighted by Crippen LogP contribution is 2.25. The van der Waals surface area contributed by atoms with Gasteiger partial charge in [-0.1, -0.05) is 32.1 Å². The number of pyridine rings is 1. The van der Waals surface area contributed by atoms with E-state index in [4.69, 9.17) is 4.74 Å². The molecule has 1 amide bonds. The van der Waals surface area contributed by atoms with Crippen LogP contribution in [0.4, 0.5) is 0 Å². The van der Waals surface area contributed by atoms with Crippen LogP contribution in [0.2, 0.25) is 0 Å². The number of aromatic amines is 1. The number of rotatable bonds is 4. The van der Waals surface area contributed by atoms with Gasteiger partial charge in [-0.25, -0.2) is 0 Å². The van der Waals surface area contributed by atoms with Crippen molar-refractivity contribution >= 4 is 11.5 Å². The Morgan fingerprint density at radius 3 is 2.72 bits per heavy atom. The van der Waals surface area contributed by atoms with Crippen LogP contribution in [-0.4, -0.2) is 36.0 Å². The van der Waals surface area contributed by atoms with Crippen molar-refractivity contribution in [3.05, 3.63) is 69.6 Å². The number of nitrogens with zero attached hydrogens (tertiary/aromatic N) is 1. The number of H-pyrrole nitrogens is 1. The average Bonchev–Trinajstić information content (AvgIpc) is 3.11. The molecule has 1 aromatic carbocycles. The molecule has 0 radical (unpaired) electrons. The highest BCUT2D eigenvalue weighted by molar-refractivity contribution is 5.95. The number of amides is 1. The van der Waals surface area contributed by atoms with Crippen LogP contribution in [0.3, 0.4) is 0 Å². The van der Waals surface area contributed by atoms with Gasteiger partial charge in [-0.2, -0.15) is 0 Å². The molecule has 0 spiro atoms. The van der Waals surface area contributed by atoms with E-state index in [0.717, 1.165) is 22.6 Å². The van der Waals surface area contributed by atoms with Gasteiger partial charge >= 0.3 is 0 Å². The zero-order valence-corrected chi connectivity index (χ0v) is 14.7. The smallest absolute Gasteiger partial charge is 0.261 e. The highest BCUT2D eigenvalue weighted by atomic mass is 16.5. The fourth-order valence-electron chi connectivity index (χ4n) is 2.91. The Bertz CT molecular complexity index is 881. The summed E-state index contributed by atoms with van der Waals surface area (Å²) in [5.74, 6) is 0.750. The molecule has 0 aliphatic carbocycles. The number of methoxy groups -OCH3 is 1. The molecule has 0 unspecified atom stereocenters. The average molecular weight is 338 g/mol. The predicted octanol–water partition coefficient (Wildman–Crippen LogP) is 3.05. The maximum absolute atomic E-state index is 12.7. The van der Waals surface area contributed by atoms with Crippen LogP contribution in [0.5, 0.6) is 5.75 Å². The highest BCUT2D eigenvalue weighted by Gasteiger charge is 2.24. The second kappa shape index (κ2) is 6.97. The van der Waals surface area contributed by atoms with E-state index in [1.54, 1.807) is 18.1 Å². The van der Waals surface area contributed by atoms with E-state index in [1.165, 1.54) is 0 Å². The van der Waals surface area contributed by atoms with Crippen LogP contribution in [0.15, 0.2) is 47.3 Å². The van der Waals surface area contributed by atoms with E-state index in [2.05, 4.69) is 4.98 Å². The van der Waals surface area contributed by atoms with E-state index >= 15 is 0 Å². The van der Waals surface area contributed by atoms with Crippen molar-refractivity contribution in [3.8, 4) is 5.75 Å². The monoisotopic (exact) mass is 338 g/mol. The quantitative estimate of drug-likeness (QED) is 0.932. The van der Waals surface area contributed by atoms with Crippen molar-refractivity contribution in [3.63, 3.8) is 0 Å². The Labute approximate surface area is 146 Å². The van der Waals surface area contributed by atoms with Crippen molar-refractivity contribution in [2.75, 3.05) is 20.2 Å². The Morgan fingerprint density at radius 1 is 1.24 bits per heavy atom.